The zero-order valence-electron chi connectivity index (χ0n) is 15.6. The van der Waals surface area contributed by atoms with Crippen molar-refractivity contribution in [2.45, 2.75) is 63.1 Å². The first-order valence-corrected chi connectivity index (χ1v) is 9.83. The second-order valence-electron chi connectivity index (χ2n) is 7.59. The molecule has 1 aliphatic carbocycles. The molecule has 4 rings (SSSR count). The van der Waals surface area contributed by atoms with Crippen LogP contribution in [0.2, 0.25) is 0 Å². The van der Waals surface area contributed by atoms with E-state index in [4.69, 9.17) is 15.2 Å². The van der Waals surface area contributed by atoms with Crippen molar-refractivity contribution in [3.05, 3.63) is 6.33 Å². The molecule has 10 heteroatoms. The minimum absolute atomic E-state index is 0.148. The molecule has 2 aromatic rings. The van der Waals surface area contributed by atoms with Crippen molar-refractivity contribution in [1.82, 2.24) is 19.5 Å². The molecule has 2 aromatic heterocycles. The van der Waals surface area contributed by atoms with Crippen molar-refractivity contribution in [1.29, 1.82) is 0 Å². The lowest BCUT2D eigenvalue weighted by atomic mass is 9.87. The van der Waals surface area contributed by atoms with E-state index in [0.29, 0.717) is 23.7 Å². The van der Waals surface area contributed by atoms with Crippen LogP contribution in [0.5, 0.6) is 6.01 Å². The van der Waals surface area contributed by atoms with Crippen LogP contribution in [-0.4, -0.2) is 66.4 Å². The van der Waals surface area contributed by atoms with E-state index in [0.717, 1.165) is 6.42 Å². The molecule has 10 nitrogen and oxygen atoms in total. The number of nitrogen functional groups attached to an aromatic ring is 1. The van der Waals surface area contributed by atoms with Crippen LogP contribution < -0.4 is 10.5 Å². The standard InChI is InChI=1S/C18H27N5O5/c19-15-12-16(22-18(21-15)27-7-6-10-4-2-1-3-5-10)23(9-20-12)17-14(26)13(25)11(8-24)28-17/h9-11,13-14,17,24-26H,1-8H2,(H2,19,21,22)/t11-,13-,14+,17-/m1/s1. The minimum Gasteiger partial charge on any atom is -0.463 e. The maximum atomic E-state index is 10.3. The summed E-state index contributed by atoms with van der Waals surface area (Å²) >= 11 is 0. The molecule has 0 amide bonds. The molecule has 154 valence electrons. The number of fused-ring (bicyclic) bond motifs is 1. The van der Waals surface area contributed by atoms with Crippen molar-refractivity contribution in [3.8, 4) is 6.01 Å². The van der Waals surface area contributed by atoms with Gasteiger partial charge in [0, 0.05) is 0 Å². The van der Waals surface area contributed by atoms with E-state index >= 15 is 0 Å². The number of nitrogens with two attached hydrogens (primary N) is 1. The van der Waals surface area contributed by atoms with Crippen molar-refractivity contribution in [2.24, 2.45) is 5.92 Å². The highest BCUT2D eigenvalue weighted by Gasteiger charge is 2.44. The number of aromatic nitrogens is 4. The van der Waals surface area contributed by atoms with Gasteiger partial charge in [0.1, 0.15) is 18.3 Å². The van der Waals surface area contributed by atoms with Crippen molar-refractivity contribution in [3.63, 3.8) is 0 Å². The summed E-state index contributed by atoms with van der Waals surface area (Å²) in [5.41, 5.74) is 6.70. The third-order valence-electron chi connectivity index (χ3n) is 5.70. The summed E-state index contributed by atoms with van der Waals surface area (Å²) in [6, 6.07) is 0.148. The molecular weight excluding hydrogens is 366 g/mol. The smallest absolute Gasteiger partial charge is 0.320 e. The monoisotopic (exact) mass is 393 g/mol. The van der Waals surface area contributed by atoms with Crippen LogP contribution >= 0.6 is 0 Å². The zero-order chi connectivity index (χ0) is 19.7. The molecule has 0 bridgehead atoms. The van der Waals surface area contributed by atoms with Gasteiger partial charge < -0.3 is 30.5 Å². The van der Waals surface area contributed by atoms with Crippen LogP contribution in [0.4, 0.5) is 5.82 Å². The number of aliphatic hydroxyl groups excluding tert-OH is 3. The molecule has 0 spiro atoms. The lowest BCUT2D eigenvalue weighted by Gasteiger charge is -2.21. The molecule has 2 fully saturated rings. The van der Waals surface area contributed by atoms with Crippen LogP contribution in [0.25, 0.3) is 11.2 Å². The molecule has 0 radical (unpaired) electrons. The number of rotatable bonds is 6. The molecule has 3 heterocycles. The highest BCUT2D eigenvalue weighted by atomic mass is 16.6. The van der Waals surface area contributed by atoms with Gasteiger partial charge in [-0.3, -0.25) is 4.57 Å². The van der Waals surface area contributed by atoms with Gasteiger partial charge in [0.2, 0.25) is 0 Å². The summed E-state index contributed by atoms with van der Waals surface area (Å²) in [5.74, 6) is 0.849. The average molecular weight is 393 g/mol. The van der Waals surface area contributed by atoms with Crippen LogP contribution in [0.15, 0.2) is 6.33 Å². The largest absolute Gasteiger partial charge is 0.463 e. The first-order chi connectivity index (χ1) is 13.6. The number of aliphatic hydroxyl groups is 3. The summed E-state index contributed by atoms with van der Waals surface area (Å²) in [6.45, 7) is 0.103. The third-order valence-corrected chi connectivity index (χ3v) is 5.70. The van der Waals surface area contributed by atoms with Gasteiger partial charge in [0.25, 0.3) is 0 Å². The minimum atomic E-state index is -1.23. The van der Waals surface area contributed by atoms with Gasteiger partial charge in [-0.05, 0) is 12.3 Å². The predicted molar refractivity (Wildman–Crippen MR) is 99.4 cm³/mol. The third kappa shape index (κ3) is 3.64. The number of imidazole rings is 1. The zero-order valence-corrected chi connectivity index (χ0v) is 15.6. The van der Waals surface area contributed by atoms with Crippen molar-refractivity contribution >= 4 is 17.0 Å². The Morgan fingerprint density at radius 1 is 1.18 bits per heavy atom. The van der Waals surface area contributed by atoms with E-state index in [1.54, 1.807) is 0 Å². The maximum Gasteiger partial charge on any atom is 0.320 e. The van der Waals surface area contributed by atoms with E-state index in [1.165, 1.54) is 43.0 Å². The first-order valence-electron chi connectivity index (χ1n) is 9.83. The van der Waals surface area contributed by atoms with Gasteiger partial charge in [-0.15, -0.1) is 0 Å². The van der Waals surface area contributed by atoms with Gasteiger partial charge in [0.15, 0.2) is 23.2 Å². The Morgan fingerprint density at radius 3 is 2.68 bits per heavy atom. The van der Waals surface area contributed by atoms with Crippen molar-refractivity contribution in [2.75, 3.05) is 18.9 Å². The summed E-state index contributed by atoms with van der Waals surface area (Å²) in [5, 5.41) is 29.6. The molecule has 5 N–H and O–H groups in total. The number of hydrogen-bond donors (Lipinski definition) is 4. The Bertz CT molecular complexity index is 809. The Kier molecular flexibility index (Phi) is 5.63. The van der Waals surface area contributed by atoms with E-state index in [9.17, 15) is 15.3 Å². The molecule has 0 aromatic carbocycles. The summed E-state index contributed by atoms with van der Waals surface area (Å²) in [6.07, 6.45) is 4.46. The highest BCUT2D eigenvalue weighted by Crippen LogP contribution is 2.32. The summed E-state index contributed by atoms with van der Waals surface area (Å²) in [7, 11) is 0. The van der Waals surface area contributed by atoms with E-state index in [-0.39, 0.29) is 11.8 Å². The van der Waals surface area contributed by atoms with Gasteiger partial charge >= 0.3 is 6.01 Å². The molecule has 0 unspecified atom stereocenters. The molecule has 1 saturated heterocycles. The Labute approximate surface area is 162 Å². The Morgan fingerprint density at radius 2 is 1.96 bits per heavy atom. The lowest BCUT2D eigenvalue weighted by Crippen LogP contribution is -2.33. The van der Waals surface area contributed by atoms with Gasteiger partial charge in [-0.2, -0.15) is 9.97 Å². The Balaban J connectivity index is 1.51. The molecular formula is C18H27N5O5. The van der Waals surface area contributed by atoms with E-state index in [2.05, 4.69) is 15.0 Å². The fraction of sp³-hybridized carbons (Fsp3) is 0.722. The molecule has 2 aliphatic rings. The molecule has 1 saturated carbocycles. The number of hydrogen-bond acceptors (Lipinski definition) is 9. The fourth-order valence-electron chi connectivity index (χ4n) is 4.07. The van der Waals surface area contributed by atoms with Crippen LogP contribution in [0.3, 0.4) is 0 Å². The maximum absolute atomic E-state index is 10.3. The summed E-state index contributed by atoms with van der Waals surface area (Å²) < 4.78 is 12.8. The number of ether oxygens (including phenoxy) is 2. The van der Waals surface area contributed by atoms with Crippen molar-refractivity contribution < 1.29 is 24.8 Å². The second-order valence-corrected chi connectivity index (χ2v) is 7.59. The lowest BCUT2D eigenvalue weighted by molar-refractivity contribution is -0.0511. The quantitative estimate of drug-likeness (QED) is 0.546. The molecule has 1 aliphatic heterocycles. The van der Waals surface area contributed by atoms with E-state index in [1.807, 2.05) is 0 Å². The summed E-state index contributed by atoms with van der Waals surface area (Å²) in [4.78, 5) is 12.7. The predicted octanol–water partition coefficient (Wildman–Crippen LogP) is 0.369. The molecule has 28 heavy (non-hydrogen) atoms. The van der Waals surface area contributed by atoms with Crippen LogP contribution in [0.1, 0.15) is 44.8 Å². The fourth-order valence-corrected chi connectivity index (χ4v) is 4.07. The highest BCUT2D eigenvalue weighted by molar-refractivity contribution is 5.82. The molecule has 4 atom stereocenters. The topological polar surface area (TPSA) is 149 Å². The van der Waals surface area contributed by atoms with Gasteiger partial charge in [0.05, 0.1) is 19.5 Å². The first kappa shape index (κ1) is 19.3. The van der Waals surface area contributed by atoms with Gasteiger partial charge in [-0.1, -0.05) is 32.1 Å². The Hall–Kier alpha value is -2.01. The second kappa shape index (κ2) is 8.16. The normalized spacial score (nSPS) is 28.8. The van der Waals surface area contributed by atoms with E-state index < -0.39 is 31.1 Å². The van der Waals surface area contributed by atoms with Crippen LogP contribution in [0, 0.1) is 5.92 Å². The SMILES string of the molecule is Nc1nc(OCCC2CCCCC2)nc2c1ncn2[C@@H]1O[C@H](CO)[C@@H](O)[C@@H]1O. The number of nitrogens with zero attached hydrogens (tertiary/aromatic N) is 4. The van der Waals surface area contributed by atoms with Crippen LogP contribution in [-0.2, 0) is 4.74 Å². The average Bonchev–Trinajstić information content (AvgIpc) is 3.24. The van der Waals surface area contributed by atoms with Gasteiger partial charge in [-0.25, -0.2) is 4.98 Å². The number of anilines is 1.